The Labute approximate surface area is 124 Å². The van der Waals surface area contributed by atoms with Gasteiger partial charge in [0.2, 0.25) is 0 Å². The van der Waals surface area contributed by atoms with Gasteiger partial charge in [-0.05, 0) is 0 Å². The summed E-state index contributed by atoms with van der Waals surface area (Å²) in [5.41, 5.74) is -8.91. The lowest BCUT2D eigenvalue weighted by molar-refractivity contribution is -0.143. The maximum Gasteiger partial charge on any atom is 0.422 e. The Bertz CT molecular complexity index is 729. The summed E-state index contributed by atoms with van der Waals surface area (Å²) in [5.74, 6) is -23.3. The quantitative estimate of drug-likeness (QED) is 0.400. The smallest absolute Gasteiger partial charge is 0.206 e. The van der Waals surface area contributed by atoms with Crippen LogP contribution in [0.1, 0.15) is 16.7 Å². The molecule has 0 nitrogen and oxygen atoms in total. The molecule has 1 aliphatic rings. The van der Waals surface area contributed by atoms with Crippen LogP contribution in [0, 0.1) is 17.5 Å². The number of hydrogen-bond donors (Lipinski definition) is 0. The molecule has 1 aliphatic carbocycles. The Morgan fingerprint density at radius 2 is 1.13 bits per heavy atom. The molecule has 0 radical (unpaired) electrons. The molecule has 0 bridgehead atoms. The summed E-state index contributed by atoms with van der Waals surface area (Å²) in [6.45, 7) is 0. The van der Waals surface area contributed by atoms with E-state index in [1.54, 1.807) is 0 Å². The van der Waals surface area contributed by atoms with Crippen molar-refractivity contribution in [3.63, 3.8) is 0 Å². The zero-order valence-electron chi connectivity index (χ0n) is 10.0. The Kier molecular flexibility index (Phi) is 3.68. The molecule has 0 spiro atoms. The molecule has 0 aliphatic heterocycles. The zero-order chi connectivity index (χ0) is 18.1. The van der Waals surface area contributed by atoms with E-state index in [2.05, 4.69) is 11.6 Å². The number of hydrogen-bond acceptors (Lipinski definition) is 0. The van der Waals surface area contributed by atoms with Gasteiger partial charge in [0.1, 0.15) is 16.4 Å². The van der Waals surface area contributed by atoms with Gasteiger partial charge in [-0.2, -0.15) is 30.7 Å². The molecule has 0 N–H and O–H groups in total. The largest absolute Gasteiger partial charge is 0.422 e. The molecule has 0 fully saturated rings. The van der Waals surface area contributed by atoms with Gasteiger partial charge >= 0.3 is 18.0 Å². The average molecular weight is 377 g/mol. The van der Waals surface area contributed by atoms with Crippen LogP contribution in [0.5, 0.6) is 0 Å². The summed E-state index contributed by atoms with van der Waals surface area (Å²) >= 11 is 4.61. The van der Waals surface area contributed by atoms with Crippen LogP contribution in [0.2, 0.25) is 0 Å². The lowest BCUT2D eigenvalue weighted by Gasteiger charge is -2.31. The zero-order valence-corrected chi connectivity index (χ0v) is 10.8. The third-order valence-electron chi connectivity index (χ3n) is 2.98. The summed E-state index contributed by atoms with van der Waals surface area (Å²) in [6.07, 6.45) is -6.03. The second-order valence-corrected chi connectivity index (χ2v) is 4.72. The van der Waals surface area contributed by atoms with Gasteiger partial charge in [0.05, 0.1) is 11.1 Å². The number of alkyl halides is 7. The van der Waals surface area contributed by atoms with Crippen molar-refractivity contribution in [3.8, 4) is 0 Å². The highest BCUT2D eigenvalue weighted by Crippen LogP contribution is 2.57. The van der Waals surface area contributed by atoms with E-state index in [9.17, 15) is 48.3 Å². The van der Waals surface area contributed by atoms with Gasteiger partial charge in [0.15, 0.2) is 17.5 Å². The van der Waals surface area contributed by atoms with Crippen molar-refractivity contribution < 1.29 is 48.3 Å². The maximum absolute atomic E-state index is 13.7. The topological polar surface area (TPSA) is 0 Å². The van der Waals surface area contributed by atoms with Crippen molar-refractivity contribution >= 4 is 11.6 Å². The number of benzene rings is 1. The van der Waals surface area contributed by atoms with Crippen LogP contribution in [-0.2, 0) is 18.0 Å². The van der Waals surface area contributed by atoms with E-state index in [4.69, 9.17) is 0 Å². The summed E-state index contributed by atoms with van der Waals surface area (Å²) in [4.78, 5) is 0. The average Bonchev–Trinajstić information content (AvgIpc) is 2.37. The van der Waals surface area contributed by atoms with Crippen molar-refractivity contribution in [1.29, 1.82) is 0 Å². The molecule has 1 aromatic rings. The minimum atomic E-state index is -6.03. The van der Waals surface area contributed by atoms with Crippen molar-refractivity contribution in [2.45, 2.75) is 18.0 Å². The third kappa shape index (κ3) is 2.19. The highest BCUT2D eigenvalue weighted by Gasteiger charge is 2.61. The van der Waals surface area contributed by atoms with Gasteiger partial charge in [-0.25, -0.2) is 17.6 Å². The van der Waals surface area contributed by atoms with Crippen LogP contribution in [0.15, 0.2) is 10.9 Å². The van der Waals surface area contributed by atoms with E-state index in [-0.39, 0.29) is 0 Å². The molecule has 0 unspecified atom stereocenters. The molecule has 2 rings (SSSR count). The molecule has 0 heterocycles. The first-order chi connectivity index (χ1) is 10.2. The van der Waals surface area contributed by atoms with Gasteiger partial charge in [-0.1, -0.05) is 11.6 Å². The van der Waals surface area contributed by atoms with Gasteiger partial charge < -0.3 is 0 Å². The predicted molar refractivity (Wildman–Crippen MR) is 53.1 cm³/mol. The molecule has 0 saturated carbocycles. The van der Waals surface area contributed by atoms with Crippen LogP contribution in [-0.4, -0.2) is 0 Å². The molecule has 0 amide bonds. The van der Waals surface area contributed by atoms with Crippen molar-refractivity contribution in [2.24, 2.45) is 0 Å². The van der Waals surface area contributed by atoms with Crippen LogP contribution < -0.4 is 0 Å². The van der Waals surface area contributed by atoms with Crippen LogP contribution >= 0.6 is 11.6 Å². The summed E-state index contributed by atoms with van der Waals surface area (Å²) in [7, 11) is 0. The molecule has 0 atom stereocenters. The SMILES string of the molecule is FC1=C(Cl)C(F)(F)c2c(F)c(C(F)(F)F)c(F)c(F)c2C1(F)F. The minimum Gasteiger partial charge on any atom is -0.206 e. The molecule has 12 heteroatoms. The highest BCUT2D eigenvalue weighted by atomic mass is 35.5. The van der Waals surface area contributed by atoms with E-state index >= 15 is 0 Å². The van der Waals surface area contributed by atoms with Crippen molar-refractivity contribution in [2.75, 3.05) is 0 Å². The molecule has 0 aromatic heterocycles. The van der Waals surface area contributed by atoms with Gasteiger partial charge in [0.25, 0.3) is 0 Å². The first-order valence-electron chi connectivity index (χ1n) is 5.27. The number of allylic oxidation sites excluding steroid dienone is 2. The summed E-state index contributed by atoms with van der Waals surface area (Å²) in [6, 6.07) is 0. The van der Waals surface area contributed by atoms with Crippen LogP contribution in [0.25, 0.3) is 0 Å². The first-order valence-corrected chi connectivity index (χ1v) is 5.65. The summed E-state index contributed by atoms with van der Waals surface area (Å²) in [5, 5.41) is -2.63. The second kappa shape index (κ2) is 4.74. The number of rotatable bonds is 0. The first kappa shape index (κ1) is 17.8. The molecule has 0 saturated heterocycles. The van der Waals surface area contributed by atoms with Crippen LogP contribution in [0.4, 0.5) is 48.3 Å². The number of halogens is 12. The Balaban J connectivity index is 3.09. The second-order valence-electron chi connectivity index (χ2n) is 4.34. The van der Waals surface area contributed by atoms with E-state index in [1.807, 2.05) is 0 Å². The number of fused-ring (bicyclic) bond motifs is 1. The van der Waals surface area contributed by atoms with Crippen molar-refractivity contribution in [3.05, 3.63) is 45.0 Å². The Morgan fingerprint density at radius 1 is 0.696 bits per heavy atom. The van der Waals surface area contributed by atoms with E-state index in [0.717, 1.165) is 0 Å². The van der Waals surface area contributed by atoms with E-state index in [0.29, 0.717) is 0 Å². The monoisotopic (exact) mass is 376 g/mol. The fourth-order valence-corrected chi connectivity index (χ4v) is 2.21. The van der Waals surface area contributed by atoms with Crippen LogP contribution in [0.3, 0.4) is 0 Å². The molecular formula is C11ClF11. The Hall–Kier alpha value is -1.52. The van der Waals surface area contributed by atoms with Gasteiger partial charge in [0, 0.05) is 0 Å². The molecule has 1 aromatic carbocycles. The van der Waals surface area contributed by atoms with Gasteiger partial charge in [-0.15, -0.1) is 0 Å². The molecule has 128 valence electrons. The lowest BCUT2D eigenvalue weighted by Crippen LogP contribution is -2.35. The minimum absolute atomic E-state index is 2.63. The van der Waals surface area contributed by atoms with E-state index in [1.165, 1.54) is 0 Å². The fraction of sp³-hybridized carbons (Fsp3) is 0.273. The normalized spacial score (nSPS) is 19.8. The highest BCUT2D eigenvalue weighted by molar-refractivity contribution is 6.31. The lowest BCUT2D eigenvalue weighted by atomic mass is 9.87. The fourth-order valence-electron chi connectivity index (χ4n) is 1.99. The van der Waals surface area contributed by atoms with E-state index < -0.39 is 63.0 Å². The Morgan fingerprint density at radius 3 is 1.57 bits per heavy atom. The third-order valence-corrected chi connectivity index (χ3v) is 3.38. The van der Waals surface area contributed by atoms with Gasteiger partial charge in [-0.3, -0.25) is 0 Å². The predicted octanol–water partition coefficient (Wildman–Crippen LogP) is 5.74. The maximum atomic E-state index is 13.7. The van der Waals surface area contributed by atoms with Crippen molar-refractivity contribution in [1.82, 2.24) is 0 Å². The standard InChI is InChI=1S/C11ClF11/c12-7-8(16)10(19,20)2-1(9(7,17)18)4(13)3(11(21,22)23)6(15)5(2)14. The summed E-state index contributed by atoms with van der Waals surface area (Å²) < 4.78 is 145. The molecular weight excluding hydrogens is 377 g/mol. The molecule has 23 heavy (non-hydrogen) atoms.